The predicted molar refractivity (Wildman–Crippen MR) is 136 cm³/mol. The van der Waals surface area contributed by atoms with Crippen molar-refractivity contribution in [1.82, 2.24) is 20.4 Å². The monoisotopic (exact) mass is 479 g/mol. The number of aliphatic imine (C=N–C) groups is 1. The number of likely N-dealkylation sites (tertiary alicyclic amines) is 1. The van der Waals surface area contributed by atoms with Crippen LogP contribution in [0.25, 0.3) is 11.3 Å². The Labute approximate surface area is 206 Å². The lowest BCUT2D eigenvalue weighted by atomic mass is 9.83. The predicted octanol–water partition coefficient (Wildman–Crippen LogP) is 2.43. The van der Waals surface area contributed by atoms with Crippen molar-refractivity contribution in [2.45, 2.75) is 63.8 Å². The van der Waals surface area contributed by atoms with Crippen LogP contribution in [0.3, 0.4) is 0 Å². The van der Waals surface area contributed by atoms with Crippen molar-refractivity contribution in [3.8, 4) is 11.3 Å². The first kappa shape index (κ1) is 24.8. The number of benzene rings is 1. The lowest BCUT2D eigenvalue weighted by molar-refractivity contribution is -0.134. The zero-order valence-corrected chi connectivity index (χ0v) is 20.5. The van der Waals surface area contributed by atoms with Gasteiger partial charge in [-0.1, -0.05) is 43.0 Å². The van der Waals surface area contributed by atoms with E-state index in [0.717, 1.165) is 55.5 Å². The third kappa shape index (κ3) is 6.41. The summed E-state index contributed by atoms with van der Waals surface area (Å²) in [5, 5.41) is 10.5. The minimum Gasteiger partial charge on any atom is -0.370 e. The Balaban J connectivity index is 1.27. The molecule has 0 unspecified atom stereocenters. The molecule has 2 fully saturated rings. The lowest BCUT2D eigenvalue weighted by Gasteiger charge is -2.32. The topological polar surface area (TPSA) is 142 Å². The fourth-order valence-electron chi connectivity index (χ4n) is 5.31. The van der Waals surface area contributed by atoms with Gasteiger partial charge in [-0.25, -0.2) is 4.99 Å². The van der Waals surface area contributed by atoms with Crippen molar-refractivity contribution < 1.29 is 9.59 Å². The average molecular weight is 480 g/mol. The SMILES string of the molecule is Cc1cccc(-c2cc(C3CCN(C(=O)CNC(=O)[C@H](N=C(N)N)C4CCCCC4)CC3)[nH]n2)c1. The van der Waals surface area contributed by atoms with Crippen molar-refractivity contribution in [2.24, 2.45) is 22.4 Å². The molecule has 1 saturated carbocycles. The summed E-state index contributed by atoms with van der Waals surface area (Å²) < 4.78 is 0. The van der Waals surface area contributed by atoms with Crippen molar-refractivity contribution >= 4 is 17.8 Å². The molecule has 9 nitrogen and oxygen atoms in total. The second-order valence-electron chi connectivity index (χ2n) is 9.85. The molecule has 9 heteroatoms. The molecule has 1 aliphatic carbocycles. The van der Waals surface area contributed by atoms with Crippen LogP contribution in [0.2, 0.25) is 0 Å². The van der Waals surface area contributed by atoms with Gasteiger partial charge in [-0.3, -0.25) is 14.7 Å². The molecule has 188 valence electrons. The number of carbonyl (C=O) groups excluding carboxylic acids is 2. The number of hydrogen-bond donors (Lipinski definition) is 4. The zero-order valence-electron chi connectivity index (χ0n) is 20.5. The van der Waals surface area contributed by atoms with Gasteiger partial charge in [0.1, 0.15) is 6.04 Å². The number of carbonyl (C=O) groups is 2. The Bertz CT molecular complexity index is 1050. The molecular formula is C26H37N7O2. The molecule has 1 atom stereocenters. The van der Waals surface area contributed by atoms with Crippen molar-refractivity contribution in [3.05, 3.63) is 41.6 Å². The van der Waals surface area contributed by atoms with Crippen LogP contribution in [-0.2, 0) is 9.59 Å². The van der Waals surface area contributed by atoms with Gasteiger partial charge >= 0.3 is 0 Å². The second kappa shape index (κ2) is 11.4. The molecule has 1 aliphatic heterocycles. The minimum absolute atomic E-state index is 0.0335. The van der Waals surface area contributed by atoms with E-state index in [0.29, 0.717) is 19.0 Å². The summed E-state index contributed by atoms with van der Waals surface area (Å²) in [5.41, 5.74) is 15.5. The molecule has 4 rings (SSSR count). The molecule has 1 aromatic carbocycles. The number of nitrogens with zero attached hydrogens (tertiary/aromatic N) is 3. The van der Waals surface area contributed by atoms with Gasteiger partial charge in [0.2, 0.25) is 11.8 Å². The first-order valence-electron chi connectivity index (χ1n) is 12.7. The Hall–Kier alpha value is -3.36. The highest BCUT2D eigenvalue weighted by Crippen LogP contribution is 2.30. The van der Waals surface area contributed by atoms with E-state index in [9.17, 15) is 9.59 Å². The maximum Gasteiger partial charge on any atom is 0.245 e. The first-order valence-corrected chi connectivity index (χ1v) is 12.7. The largest absolute Gasteiger partial charge is 0.370 e. The number of amides is 2. The Kier molecular flexibility index (Phi) is 8.05. The van der Waals surface area contributed by atoms with Crippen molar-refractivity contribution in [3.63, 3.8) is 0 Å². The van der Waals surface area contributed by atoms with E-state index in [2.05, 4.69) is 51.7 Å². The molecule has 2 aliphatic rings. The van der Waals surface area contributed by atoms with E-state index < -0.39 is 6.04 Å². The highest BCUT2D eigenvalue weighted by atomic mass is 16.2. The Morgan fingerprint density at radius 1 is 1.14 bits per heavy atom. The minimum atomic E-state index is -0.623. The second-order valence-corrected chi connectivity index (χ2v) is 9.85. The van der Waals surface area contributed by atoms with Gasteiger partial charge in [-0.15, -0.1) is 0 Å². The summed E-state index contributed by atoms with van der Waals surface area (Å²) in [6.45, 7) is 3.34. The first-order chi connectivity index (χ1) is 16.9. The molecule has 0 radical (unpaired) electrons. The molecule has 1 aromatic heterocycles. The van der Waals surface area contributed by atoms with Crippen LogP contribution in [0.1, 0.15) is 62.1 Å². The molecule has 2 heterocycles. The molecule has 0 spiro atoms. The maximum absolute atomic E-state index is 12.8. The normalized spacial score (nSPS) is 18.1. The number of nitrogens with two attached hydrogens (primary N) is 2. The van der Waals surface area contributed by atoms with E-state index in [4.69, 9.17) is 11.5 Å². The van der Waals surface area contributed by atoms with Crippen molar-refractivity contribution in [1.29, 1.82) is 0 Å². The molecular weight excluding hydrogens is 442 g/mol. The van der Waals surface area contributed by atoms with Crippen LogP contribution in [0.5, 0.6) is 0 Å². The summed E-state index contributed by atoms with van der Waals surface area (Å²) in [4.78, 5) is 31.6. The van der Waals surface area contributed by atoms with Gasteiger partial charge in [0.15, 0.2) is 5.96 Å². The zero-order chi connectivity index (χ0) is 24.8. The number of aryl methyl sites for hydroxylation is 1. The van der Waals surface area contributed by atoms with E-state index in [-0.39, 0.29) is 30.2 Å². The molecule has 35 heavy (non-hydrogen) atoms. The van der Waals surface area contributed by atoms with Gasteiger partial charge in [0.25, 0.3) is 0 Å². The smallest absolute Gasteiger partial charge is 0.245 e. The molecule has 2 aromatic rings. The van der Waals surface area contributed by atoms with Crippen LogP contribution in [0.15, 0.2) is 35.3 Å². The summed E-state index contributed by atoms with van der Waals surface area (Å²) in [6.07, 6.45) is 6.88. The number of guanidine groups is 1. The van der Waals surface area contributed by atoms with Gasteiger partial charge in [-0.05, 0) is 50.7 Å². The quantitative estimate of drug-likeness (QED) is 0.356. The standard InChI is InChI=1S/C26H37N7O2/c1-17-6-5-9-20(14-17)22-15-21(31-32-22)18-10-12-33(13-11-18)23(34)16-29-25(35)24(30-26(27)28)19-7-3-2-4-8-19/h5-6,9,14-15,18-19,24H,2-4,7-8,10-13,16H2,1H3,(H,29,35)(H,31,32)(H4,27,28,30)/t24-/m1/s1. The highest BCUT2D eigenvalue weighted by molar-refractivity contribution is 5.89. The van der Waals surface area contributed by atoms with Gasteiger partial charge in [0.05, 0.1) is 12.2 Å². The third-order valence-corrected chi connectivity index (χ3v) is 7.27. The summed E-state index contributed by atoms with van der Waals surface area (Å²) in [6, 6.07) is 9.80. The van der Waals surface area contributed by atoms with Crippen LogP contribution < -0.4 is 16.8 Å². The summed E-state index contributed by atoms with van der Waals surface area (Å²) in [5.74, 6) is 0.0187. The molecule has 1 saturated heterocycles. The van der Waals surface area contributed by atoms with Crippen molar-refractivity contribution in [2.75, 3.05) is 19.6 Å². The maximum atomic E-state index is 12.8. The van der Waals surface area contributed by atoms with E-state index in [1.54, 1.807) is 0 Å². The van der Waals surface area contributed by atoms with E-state index in [1.165, 1.54) is 12.0 Å². The highest BCUT2D eigenvalue weighted by Gasteiger charge is 2.31. The van der Waals surface area contributed by atoms with Crippen LogP contribution in [0.4, 0.5) is 0 Å². The van der Waals surface area contributed by atoms with Gasteiger partial charge in [0, 0.05) is 30.3 Å². The fraction of sp³-hybridized carbons (Fsp3) is 0.538. The number of H-pyrrole nitrogens is 1. The average Bonchev–Trinajstić information content (AvgIpc) is 3.37. The third-order valence-electron chi connectivity index (χ3n) is 7.27. The lowest BCUT2D eigenvalue weighted by Crippen LogP contribution is -2.47. The number of rotatable bonds is 7. The fourth-order valence-corrected chi connectivity index (χ4v) is 5.31. The van der Waals surface area contributed by atoms with Gasteiger partial charge in [-0.2, -0.15) is 5.10 Å². The Morgan fingerprint density at radius 2 is 1.89 bits per heavy atom. The summed E-state index contributed by atoms with van der Waals surface area (Å²) in [7, 11) is 0. The number of aromatic amines is 1. The van der Waals surface area contributed by atoms with E-state index >= 15 is 0 Å². The Morgan fingerprint density at radius 3 is 2.57 bits per heavy atom. The summed E-state index contributed by atoms with van der Waals surface area (Å²) >= 11 is 0. The molecule has 6 N–H and O–H groups in total. The number of nitrogens with one attached hydrogen (secondary N) is 2. The van der Waals surface area contributed by atoms with Crippen LogP contribution in [0, 0.1) is 12.8 Å². The van der Waals surface area contributed by atoms with Crippen LogP contribution in [-0.4, -0.2) is 58.5 Å². The van der Waals surface area contributed by atoms with E-state index in [1.807, 2.05) is 11.0 Å². The number of piperidine rings is 1. The molecule has 2 amide bonds. The van der Waals surface area contributed by atoms with Crippen LogP contribution >= 0.6 is 0 Å². The number of aromatic nitrogens is 2. The van der Waals surface area contributed by atoms with Gasteiger partial charge < -0.3 is 21.7 Å². The molecule has 0 bridgehead atoms. The number of hydrogen-bond acceptors (Lipinski definition) is 4.